The van der Waals surface area contributed by atoms with Crippen molar-refractivity contribution in [3.63, 3.8) is 0 Å². The van der Waals surface area contributed by atoms with Gasteiger partial charge in [0.25, 0.3) is 0 Å². The number of fused-ring (bicyclic) bond motifs is 1. The zero-order valence-electron chi connectivity index (χ0n) is 13.6. The molecule has 112 valence electrons. The third-order valence-corrected chi connectivity index (χ3v) is 4.13. The molecule has 0 aliphatic rings. The molecule has 0 spiro atoms. The third-order valence-electron chi connectivity index (χ3n) is 4.13. The van der Waals surface area contributed by atoms with E-state index in [1.165, 1.54) is 22.3 Å². The van der Waals surface area contributed by atoms with Gasteiger partial charge in [0.1, 0.15) is 5.75 Å². The average molecular weight is 291 g/mol. The van der Waals surface area contributed by atoms with E-state index in [-0.39, 0.29) is 0 Å². The Bertz CT molecular complexity index is 836. The molecule has 0 N–H and O–H groups in total. The van der Waals surface area contributed by atoms with Crippen LogP contribution < -0.4 is 4.74 Å². The van der Waals surface area contributed by atoms with E-state index < -0.39 is 0 Å². The summed E-state index contributed by atoms with van der Waals surface area (Å²) < 4.78 is 5.52. The summed E-state index contributed by atoms with van der Waals surface area (Å²) in [5.74, 6) is 0.898. The van der Waals surface area contributed by atoms with Crippen molar-refractivity contribution < 1.29 is 4.74 Å². The SMILES string of the molecule is CCc1cc(OC)c2ccc(-c3cc(C)ccc3C)nc2c1. The van der Waals surface area contributed by atoms with E-state index >= 15 is 0 Å². The van der Waals surface area contributed by atoms with Gasteiger partial charge in [-0.1, -0.05) is 24.6 Å². The number of methoxy groups -OCH3 is 1. The van der Waals surface area contributed by atoms with Gasteiger partial charge < -0.3 is 4.74 Å². The number of benzene rings is 2. The zero-order chi connectivity index (χ0) is 15.7. The molecular formula is C20H21NO. The number of aromatic nitrogens is 1. The normalized spacial score (nSPS) is 10.9. The van der Waals surface area contributed by atoms with Gasteiger partial charge in [-0.25, -0.2) is 4.98 Å². The summed E-state index contributed by atoms with van der Waals surface area (Å²) in [6.07, 6.45) is 0.974. The lowest BCUT2D eigenvalue weighted by Crippen LogP contribution is -1.93. The molecule has 0 aliphatic heterocycles. The van der Waals surface area contributed by atoms with Crippen LogP contribution in [0.3, 0.4) is 0 Å². The minimum absolute atomic E-state index is 0.898. The summed E-state index contributed by atoms with van der Waals surface area (Å²) in [7, 11) is 1.72. The fourth-order valence-electron chi connectivity index (χ4n) is 2.79. The molecular weight excluding hydrogens is 270 g/mol. The third kappa shape index (κ3) is 2.57. The molecule has 0 bridgehead atoms. The largest absolute Gasteiger partial charge is 0.496 e. The first kappa shape index (κ1) is 14.6. The maximum absolute atomic E-state index is 5.52. The number of hydrogen-bond acceptors (Lipinski definition) is 2. The first-order valence-corrected chi connectivity index (χ1v) is 7.67. The Kier molecular flexibility index (Phi) is 3.84. The highest BCUT2D eigenvalue weighted by atomic mass is 16.5. The standard InChI is InChI=1S/C20H21NO/c1-5-15-11-19-16(20(12-15)22-4)8-9-18(21-19)17-10-13(2)6-7-14(17)3/h6-12H,5H2,1-4H3. The summed E-state index contributed by atoms with van der Waals surface area (Å²) in [5, 5.41) is 1.06. The molecule has 3 rings (SSSR count). The molecule has 22 heavy (non-hydrogen) atoms. The Balaban J connectivity index is 2.23. The van der Waals surface area contributed by atoms with Crippen molar-refractivity contribution in [2.45, 2.75) is 27.2 Å². The van der Waals surface area contributed by atoms with Crippen molar-refractivity contribution in [3.8, 4) is 17.0 Å². The Morgan fingerprint density at radius 3 is 2.55 bits per heavy atom. The molecule has 0 aliphatic carbocycles. The Labute approximate surface area is 131 Å². The molecule has 3 aromatic rings. The molecule has 2 heteroatoms. The highest BCUT2D eigenvalue weighted by Gasteiger charge is 2.09. The van der Waals surface area contributed by atoms with Crippen LogP contribution >= 0.6 is 0 Å². The van der Waals surface area contributed by atoms with Crippen molar-refractivity contribution in [1.29, 1.82) is 0 Å². The van der Waals surface area contributed by atoms with E-state index in [1.54, 1.807) is 7.11 Å². The highest BCUT2D eigenvalue weighted by Crippen LogP contribution is 2.30. The molecule has 2 aromatic carbocycles. The summed E-state index contributed by atoms with van der Waals surface area (Å²) in [4.78, 5) is 4.88. The molecule has 2 nitrogen and oxygen atoms in total. The van der Waals surface area contributed by atoms with Crippen LogP contribution in [0.25, 0.3) is 22.2 Å². The minimum Gasteiger partial charge on any atom is -0.496 e. The van der Waals surface area contributed by atoms with Crippen molar-refractivity contribution in [3.05, 3.63) is 59.2 Å². The number of pyridine rings is 1. The molecule has 0 unspecified atom stereocenters. The van der Waals surface area contributed by atoms with Crippen molar-refractivity contribution in [2.75, 3.05) is 7.11 Å². The molecule has 0 amide bonds. The van der Waals surface area contributed by atoms with Crippen molar-refractivity contribution >= 4 is 10.9 Å². The van der Waals surface area contributed by atoms with Gasteiger partial charge in [0, 0.05) is 10.9 Å². The van der Waals surface area contributed by atoms with Gasteiger partial charge in [-0.2, -0.15) is 0 Å². The van der Waals surface area contributed by atoms with E-state index in [2.05, 4.69) is 63.2 Å². The number of nitrogens with zero attached hydrogens (tertiary/aromatic N) is 1. The molecule has 0 fully saturated rings. The van der Waals surface area contributed by atoms with Gasteiger partial charge in [0.05, 0.1) is 18.3 Å². The molecule has 1 heterocycles. The number of rotatable bonds is 3. The lowest BCUT2D eigenvalue weighted by atomic mass is 10.0. The predicted octanol–water partition coefficient (Wildman–Crippen LogP) is 5.09. The van der Waals surface area contributed by atoms with Crippen LogP contribution in [-0.2, 0) is 6.42 Å². The van der Waals surface area contributed by atoms with Gasteiger partial charge in [-0.3, -0.25) is 0 Å². The van der Waals surface area contributed by atoms with Gasteiger partial charge in [-0.15, -0.1) is 0 Å². The summed E-state index contributed by atoms with van der Waals surface area (Å²) in [5.41, 5.74) is 6.95. The highest BCUT2D eigenvalue weighted by molar-refractivity contribution is 5.88. The number of hydrogen-bond donors (Lipinski definition) is 0. The molecule has 0 saturated heterocycles. The first-order chi connectivity index (χ1) is 10.6. The van der Waals surface area contributed by atoms with E-state index in [0.717, 1.165) is 28.8 Å². The summed E-state index contributed by atoms with van der Waals surface area (Å²) >= 11 is 0. The second kappa shape index (κ2) is 5.80. The minimum atomic E-state index is 0.898. The fourth-order valence-corrected chi connectivity index (χ4v) is 2.79. The van der Waals surface area contributed by atoms with E-state index in [4.69, 9.17) is 9.72 Å². The maximum Gasteiger partial charge on any atom is 0.128 e. The van der Waals surface area contributed by atoms with Crippen LogP contribution in [-0.4, -0.2) is 12.1 Å². The first-order valence-electron chi connectivity index (χ1n) is 7.67. The van der Waals surface area contributed by atoms with Crippen molar-refractivity contribution in [1.82, 2.24) is 4.98 Å². The van der Waals surface area contributed by atoms with Gasteiger partial charge in [-0.05, 0) is 61.7 Å². The van der Waals surface area contributed by atoms with Gasteiger partial charge in [0.2, 0.25) is 0 Å². The summed E-state index contributed by atoms with van der Waals surface area (Å²) in [6, 6.07) is 14.9. The second-order valence-electron chi connectivity index (χ2n) is 5.73. The van der Waals surface area contributed by atoms with Crippen LogP contribution in [0.4, 0.5) is 0 Å². The quantitative estimate of drug-likeness (QED) is 0.670. The van der Waals surface area contributed by atoms with Gasteiger partial charge >= 0.3 is 0 Å². The van der Waals surface area contributed by atoms with E-state index in [1.807, 2.05) is 0 Å². The van der Waals surface area contributed by atoms with E-state index in [9.17, 15) is 0 Å². The number of aryl methyl sites for hydroxylation is 3. The predicted molar refractivity (Wildman–Crippen MR) is 92.6 cm³/mol. The van der Waals surface area contributed by atoms with E-state index in [0.29, 0.717) is 0 Å². The Morgan fingerprint density at radius 2 is 1.82 bits per heavy atom. The average Bonchev–Trinajstić information content (AvgIpc) is 2.55. The lowest BCUT2D eigenvalue weighted by Gasteiger charge is -2.11. The molecule has 0 radical (unpaired) electrons. The lowest BCUT2D eigenvalue weighted by molar-refractivity contribution is 0.419. The zero-order valence-corrected chi connectivity index (χ0v) is 13.6. The maximum atomic E-state index is 5.52. The molecule has 0 saturated carbocycles. The number of ether oxygens (including phenoxy) is 1. The van der Waals surface area contributed by atoms with Gasteiger partial charge in [0.15, 0.2) is 0 Å². The second-order valence-corrected chi connectivity index (χ2v) is 5.73. The monoisotopic (exact) mass is 291 g/mol. The van der Waals surface area contributed by atoms with Crippen LogP contribution in [0.1, 0.15) is 23.6 Å². The molecule has 1 aromatic heterocycles. The van der Waals surface area contributed by atoms with Crippen LogP contribution in [0, 0.1) is 13.8 Å². The van der Waals surface area contributed by atoms with Crippen molar-refractivity contribution in [2.24, 2.45) is 0 Å². The molecule has 0 atom stereocenters. The van der Waals surface area contributed by atoms with Crippen LogP contribution in [0.2, 0.25) is 0 Å². The Hall–Kier alpha value is -2.35. The summed E-state index contributed by atoms with van der Waals surface area (Å²) in [6.45, 7) is 6.39. The fraction of sp³-hybridized carbons (Fsp3) is 0.250. The van der Waals surface area contributed by atoms with Crippen LogP contribution in [0.5, 0.6) is 5.75 Å². The topological polar surface area (TPSA) is 22.1 Å². The van der Waals surface area contributed by atoms with Crippen LogP contribution in [0.15, 0.2) is 42.5 Å². The smallest absolute Gasteiger partial charge is 0.128 e. The Morgan fingerprint density at radius 1 is 1.00 bits per heavy atom.